The number of ether oxygens (including phenoxy) is 1. The van der Waals surface area contributed by atoms with Gasteiger partial charge in [0.25, 0.3) is 5.91 Å². The lowest BCUT2D eigenvalue weighted by Gasteiger charge is -2.36. The number of methoxy groups -OCH3 is 1. The maximum atomic E-state index is 12.5. The Bertz CT molecular complexity index is 778. The van der Waals surface area contributed by atoms with Crippen LogP contribution in [0.3, 0.4) is 0 Å². The first-order valence-electron chi connectivity index (χ1n) is 10.1. The van der Waals surface area contributed by atoms with Crippen LogP contribution in [0.5, 0.6) is 5.75 Å². The van der Waals surface area contributed by atoms with Crippen molar-refractivity contribution in [2.24, 2.45) is 0 Å². The zero-order chi connectivity index (χ0) is 19.3. The topological polar surface area (TPSA) is 57.7 Å². The van der Waals surface area contributed by atoms with Gasteiger partial charge in [0, 0.05) is 43.3 Å². The van der Waals surface area contributed by atoms with E-state index in [2.05, 4.69) is 32.2 Å². The van der Waals surface area contributed by atoms with E-state index < -0.39 is 0 Å². The molecule has 1 saturated heterocycles. The number of rotatable bonds is 5. The predicted octanol–water partition coefficient (Wildman–Crippen LogP) is 3.54. The Kier molecular flexibility index (Phi) is 6.00. The van der Waals surface area contributed by atoms with Gasteiger partial charge >= 0.3 is 0 Å². The lowest BCUT2D eigenvalue weighted by Crippen LogP contribution is -2.46. The third-order valence-corrected chi connectivity index (χ3v) is 6.55. The smallest absolute Gasteiger partial charge is 0.271 e. The zero-order valence-corrected chi connectivity index (χ0v) is 17.2. The van der Waals surface area contributed by atoms with Gasteiger partial charge in [0.2, 0.25) is 0 Å². The van der Waals surface area contributed by atoms with Gasteiger partial charge in [-0.3, -0.25) is 4.79 Å². The highest BCUT2D eigenvalue weighted by Crippen LogP contribution is 2.25. The quantitative estimate of drug-likeness (QED) is 0.832. The van der Waals surface area contributed by atoms with E-state index in [4.69, 9.17) is 4.74 Å². The van der Waals surface area contributed by atoms with Crippen LogP contribution in [0.4, 0.5) is 10.8 Å². The number of carbonyl (C=O) groups is 1. The molecule has 1 aliphatic heterocycles. The molecule has 0 atom stereocenters. The van der Waals surface area contributed by atoms with Crippen molar-refractivity contribution in [3.63, 3.8) is 0 Å². The molecule has 0 spiro atoms. The largest absolute Gasteiger partial charge is 0.497 e. The van der Waals surface area contributed by atoms with Crippen molar-refractivity contribution in [1.29, 1.82) is 0 Å². The normalized spacial score (nSPS) is 18.2. The second-order valence-corrected chi connectivity index (χ2v) is 8.33. The van der Waals surface area contributed by atoms with Gasteiger partial charge in [0.1, 0.15) is 11.4 Å². The fourth-order valence-corrected chi connectivity index (χ4v) is 4.83. The van der Waals surface area contributed by atoms with Crippen LogP contribution in [-0.4, -0.2) is 50.2 Å². The number of piperazine rings is 1. The summed E-state index contributed by atoms with van der Waals surface area (Å²) >= 11 is 1.57. The van der Waals surface area contributed by atoms with E-state index in [1.165, 1.54) is 24.9 Å². The Morgan fingerprint density at radius 1 is 1.07 bits per heavy atom. The van der Waals surface area contributed by atoms with Crippen molar-refractivity contribution >= 4 is 28.1 Å². The molecule has 0 radical (unpaired) electrons. The molecule has 2 heterocycles. The summed E-state index contributed by atoms with van der Waals surface area (Å²) in [5.74, 6) is 0.857. The number of hydrogen-bond acceptors (Lipinski definition) is 6. The molecule has 4 rings (SSSR count). The van der Waals surface area contributed by atoms with Gasteiger partial charge in [-0.15, -0.1) is 11.3 Å². The van der Waals surface area contributed by atoms with E-state index in [-0.39, 0.29) is 5.91 Å². The molecular weight excluding hydrogens is 372 g/mol. The number of anilines is 2. The molecule has 1 aromatic heterocycles. The minimum absolute atomic E-state index is 0.0220. The van der Waals surface area contributed by atoms with Gasteiger partial charge in [-0.1, -0.05) is 19.3 Å². The van der Waals surface area contributed by atoms with Gasteiger partial charge in [-0.05, 0) is 37.1 Å². The maximum absolute atomic E-state index is 12.5. The second-order valence-electron chi connectivity index (χ2n) is 7.50. The molecule has 1 N–H and O–H groups in total. The van der Waals surface area contributed by atoms with E-state index in [1.54, 1.807) is 18.4 Å². The Morgan fingerprint density at radius 3 is 2.43 bits per heavy atom. The van der Waals surface area contributed by atoms with Crippen molar-refractivity contribution in [2.75, 3.05) is 43.1 Å². The Hall–Kier alpha value is -2.28. The minimum Gasteiger partial charge on any atom is -0.497 e. The van der Waals surface area contributed by atoms with Crippen molar-refractivity contribution in [2.45, 2.75) is 38.1 Å². The number of amides is 1. The minimum atomic E-state index is -0.0220. The van der Waals surface area contributed by atoms with Crippen LogP contribution in [0, 0.1) is 0 Å². The summed E-state index contributed by atoms with van der Waals surface area (Å²) in [5.41, 5.74) is 1.77. The number of hydrogen-bond donors (Lipinski definition) is 1. The van der Waals surface area contributed by atoms with Gasteiger partial charge in [-0.25, -0.2) is 4.98 Å². The molecular formula is C21H28N4O2S. The van der Waals surface area contributed by atoms with Gasteiger partial charge in [-0.2, -0.15) is 0 Å². The van der Waals surface area contributed by atoms with E-state index in [0.717, 1.165) is 49.9 Å². The van der Waals surface area contributed by atoms with E-state index >= 15 is 0 Å². The Morgan fingerprint density at radius 2 is 1.75 bits per heavy atom. The molecule has 6 nitrogen and oxygen atoms in total. The van der Waals surface area contributed by atoms with Crippen molar-refractivity contribution in [3.05, 3.63) is 35.3 Å². The summed E-state index contributed by atoms with van der Waals surface area (Å²) in [5, 5.41) is 6.00. The standard InChI is InChI=1S/C21H28N4O2S/c1-27-18-9-7-17(8-10-18)24-11-13-25(14-12-24)21-23-19(15-28-21)20(26)22-16-5-3-2-4-6-16/h7-10,15-16H,2-6,11-14H2,1H3,(H,22,26). The second kappa shape index (κ2) is 8.82. The Balaban J connectivity index is 1.31. The molecule has 1 aromatic carbocycles. The molecule has 2 fully saturated rings. The lowest BCUT2D eigenvalue weighted by molar-refractivity contribution is 0.0923. The summed E-state index contributed by atoms with van der Waals surface area (Å²) in [6.45, 7) is 3.69. The fourth-order valence-electron chi connectivity index (χ4n) is 3.97. The average Bonchev–Trinajstić information content (AvgIpc) is 3.25. The van der Waals surface area contributed by atoms with E-state index in [9.17, 15) is 4.79 Å². The molecule has 2 aliphatic rings. The highest BCUT2D eigenvalue weighted by Gasteiger charge is 2.22. The van der Waals surface area contributed by atoms with Crippen LogP contribution in [-0.2, 0) is 0 Å². The third kappa shape index (κ3) is 4.41. The van der Waals surface area contributed by atoms with Crippen LogP contribution < -0.4 is 19.9 Å². The van der Waals surface area contributed by atoms with Gasteiger partial charge < -0.3 is 19.9 Å². The number of nitrogens with one attached hydrogen (secondary N) is 1. The monoisotopic (exact) mass is 400 g/mol. The van der Waals surface area contributed by atoms with Crippen LogP contribution in [0.1, 0.15) is 42.6 Å². The van der Waals surface area contributed by atoms with Crippen LogP contribution >= 0.6 is 11.3 Å². The molecule has 28 heavy (non-hydrogen) atoms. The van der Waals surface area contributed by atoms with E-state index in [1.807, 2.05) is 17.5 Å². The van der Waals surface area contributed by atoms with Gasteiger partial charge in [0.15, 0.2) is 5.13 Å². The van der Waals surface area contributed by atoms with Crippen LogP contribution in [0.2, 0.25) is 0 Å². The first-order chi connectivity index (χ1) is 13.7. The van der Waals surface area contributed by atoms with Crippen LogP contribution in [0.25, 0.3) is 0 Å². The highest BCUT2D eigenvalue weighted by molar-refractivity contribution is 7.13. The van der Waals surface area contributed by atoms with Crippen molar-refractivity contribution in [1.82, 2.24) is 10.3 Å². The molecule has 0 unspecified atom stereocenters. The Labute approximate surface area is 170 Å². The zero-order valence-electron chi connectivity index (χ0n) is 16.4. The summed E-state index contributed by atoms with van der Waals surface area (Å²) in [6.07, 6.45) is 5.90. The molecule has 1 saturated carbocycles. The molecule has 1 aliphatic carbocycles. The number of carbonyl (C=O) groups excluding carboxylic acids is 1. The van der Waals surface area contributed by atoms with Crippen molar-refractivity contribution < 1.29 is 9.53 Å². The number of aromatic nitrogens is 1. The maximum Gasteiger partial charge on any atom is 0.271 e. The first kappa shape index (κ1) is 19.1. The number of nitrogens with zero attached hydrogens (tertiary/aromatic N) is 3. The predicted molar refractivity (Wildman–Crippen MR) is 114 cm³/mol. The van der Waals surface area contributed by atoms with Gasteiger partial charge in [0.05, 0.1) is 7.11 Å². The average molecular weight is 401 g/mol. The summed E-state index contributed by atoms with van der Waals surface area (Å²) in [7, 11) is 1.69. The fraction of sp³-hybridized carbons (Fsp3) is 0.524. The number of benzene rings is 1. The molecule has 0 bridgehead atoms. The molecule has 150 valence electrons. The van der Waals surface area contributed by atoms with Crippen molar-refractivity contribution in [3.8, 4) is 5.75 Å². The van der Waals surface area contributed by atoms with E-state index in [0.29, 0.717) is 11.7 Å². The molecule has 7 heteroatoms. The molecule has 2 aromatic rings. The number of thiazole rings is 1. The highest BCUT2D eigenvalue weighted by atomic mass is 32.1. The first-order valence-corrected chi connectivity index (χ1v) is 11.0. The lowest BCUT2D eigenvalue weighted by atomic mass is 9.95. The molecule has 1 amide bonds. The summed E-state index contributed by atoms with van der Waals surface area (Å²) in [6, 6.07) is 8.52. The third-order valence-electron chi connectivity index (χ3n) is 5.65. The van der Waals surface area contributed by atoms with Crippen LogP contribution in [0.15, 0.2) is 29.6 Å². The summed E-state index contributed by atoms with van der Waals surface area (Å²) in [4.78, 5) is 21.8. The SMILES string of the molecule is COc1ccc(N2CCN(c3nc(C(=O)NC4CCCCC4)cs3)CC2)cc1. The summed E-state index contributed by atoms with van der Waals surface area (Å²) < 4.78 is 5.23.